The molecule has 0 aliphatic rings. The van der Waals surface area contributed by atoms with Crippen molar-refractivity contribution in [3.05, 3.63) is 56.2 Å². The number of nitrogens with two attached hydrogens (primary N) is 1. The zero-order valence-corrected chi connectivity index (χ0v) is 12.4. The van der Waals surface area contributed by atoms with Crippen LogP contribution in [0.4, 0.5) is 0 Å². The molecule has 0 radical (unpaired) electrons. The maximum Gasteiger partial charge on any atom is 0.0656 e. The lowest BCUT2D eigenvalue weighted by atomic mass is 9.87. The van der Waals surface area contributed by atoms with E-state index in [9.17, 15) is 0 Å². The van der Waals surface area contributed by atoms with Crippen molar-refractivity contribution in [2.45, 2.75) is 25.8 Å². The predicted octanol–water partition coefficient (Wildman–Crippen LogP) is 4.30. The fraction of sp³-hybridized carbons (Fsp3) is 0.286. The molecule has 0 aliphatic heterocycles. The predicted molar refractivity (Wildman–Crippen MR) is 78.5 cm³/mol. The second-order valence-electron chi connectivity index (χ2n) is 4.39. The van der Waals surface area contributed by atoms with Crippen molar-refractivity contribution in [1.29, 1.82) is 0 Å². The number of rotatable bonds is 3. The van der Waals surface area contributed by atoms with Crippen LogP contribution in [0.5, 0.6) is 0 Å². The van der Waals surface area contributed by atoms with E-state index in [1.165, 1.54) is 5.56 Å². The standard InChI is InChI=1S/C14H16BrNS/c1-3-10-4-6-11(7-5-10)14(2,16)12-8-17-9-13(12)15/h4-9H,3,16H2,1-2H3. The lowest BCUT2D eigenvalue weighted by Gasteiger charge is -2.25. The molecule has 0 saturated heterocycles. The van der Waals surface area contributed by atoms with Gasteiger partial charge < -0.3 is 5.73 Å². The third-order valence-corrected chi connectivity index (χ3v) is 4.84. The fourth-order valence-corrected chi connectivity index (χ4v) is 3.72. The van der Waals surface area contributed by atoms with Gasteiger partial charge in [0.1, 0.15) is 0 Å². The SMILES string of the molecule is CCc1ccc(C(C)(N)c2cscc2Br)cc1. The molecule has 1 aromatic carbocycles. The summed E-state index contributed by atoms with van der Waals surface area (Å²) in [5.41, 5.74) is 9.67. The van der Waals surface area contributed by atoms with Crippen molar-refractivity contribution in [2.75, 3.05) is 0 Å². The van der Waals surface area contributed by atoms with Crippen molar-refractivity contribution >= 4 is 27.3 Å². The number of thiophene rings is 1. The van der Waals surface area contributed by atoms with E-state index < -0.39 is 5.54 Å². The summed E-state index contributed by atoms with van der Waals surface area (Å²) in [5.74, 6) is 0. The smallest absolute Gasteiger partial charge is 0.0656 e. The van der Waals surface area contributed by atoms with Crippen molar-refractivity contribution in [3.8, 4) is 0 Å². The fourth-order valence-electron chi connectivity index (χ4n) is 1.89. The maximum absolute atomic E-state index is 6.47. The van der Waals surface area contributed by atoms with Crippen LogP contribution < -0.4 is 5.73 Å². The number of halogens is 1. The van der Waals surface area contributed by atoms with E-state index >= 15 is 0 Å². The molecule has 2 aromatic rings. The number of benzene rings is 1. The third kappa shape index (κ3) is 2.46. The van der Waals surface area contributed by atoms with Crippen LogP contribution in [-0.4, -0.2) is 0 Å². The van der Waals surface area contributed by atoms with Crippen LogP contribution in [0.1, 0.15) is 30.5 Å². The van der Waals surface area contributed by atoms with Crippen LogP contribution in [-0.2, 0) is 12.0 Å². The van der Waals surface area contributed by atoms with E-state index in [0.29, 0.717) is 0 Å². The Morgan fingerprint density at radius 1 is 1.24 bits per heavy atom. The van der Waals surface area contributed by atoms with Crippen molar-refractivity contribution in [1.82, 2.24) is 0 Å². The van der Waals surface area contributed by atoms with E-state index in [1.54, 1.807) is 11.3 Å². The van der Waals surface area contributed by atoms with Gasteiger partial charge in [-0.2, -0.15) is 11.3 Å². The highest BCUT2D eigenvalue weighted by atomic mass is 79.9. The normalized spacial score (nSPS) is 14.6. The van der Waals surface area contributed by atoms with Crippen LogP contribution in [0.15, 0.2) is 39.5 Å². The molecule has 2 rings (SSSR count). The van der Waals surface area contributed by atoms with E-state index in [-0.39, 0.29) is 0 Å². The number of aryl methyl sites for hydroxylation is 1. The zero-order valence-electron chi connectivity index (χ0n) is 10.0. The summed E-state index contributed by atoms with van der Waals surface area (Å²) in [6, 6.07) is 8.56. The Bertz CT molecular complexity index is 499. The molecule has 0 fully saturated rings. The molecule has 0 spiro atoms. The average Bonchev–Trinajstić information content (AvgIpc) is 2.76. The quantitative estimate of drug-likeness (QED) is 0.899. The van der Waals surface area contributed by atoms with Crippen LogP contribution in [0, 0.1) is 0 Å². The van der Waals surface area contributed by atoms with E-state index in [2.05, 4.69) is 64.8 Å². The Morgan fingerprint density at radius 3 is 2.35 bits per heavy atom. The Kier molecular flexibility index (Phi) is 3.71. The first-order chi connectivity index (χ1) is 8.05. The summed E-state index contributed by atoms with van der Waals surface area (Å²) in [5, 5.41) is 4.18. The Labute approximate surface area is 115 Å². The molecular weight excluding hydrogens is 294 g/mol. The van der Waals surface area contributed by atoms with Crippen LogP contribution in [0.25, 0.3) is 0 Å². The van der Waals surface area contributed by atoms with Crippen molar-refractivity contribution in [2.24, 2.45) is 5.73 Å². The van der Waals surface area contributed by atoms with Gasteiger partial charge in [-0.25, -0.2) is 0 Å². The van der Waals surface area contributed by atoms with Crippen LogP contribution in [0.2, 0.25) is 0 Å². The number of hydrogen-bond acceptors (Lipinski definition) is 2. The second kappa shape index (κ2) is 4.92. The van der Waals surface area contributed by atoms with Gasteiger partial charge in [0.05, 0.1) is 5.54 Å². The molecule has 1 atom stereocenters. The highest BCUT2D eigenvalue weighted by Gasteiger charge is 2.26. The second-order valence-corrected chi connectivity index (χ2v) is 5.98. The van der Waals surface area contributed by atoms with Gasteiger partial charge in [-0.05, 0) is 45.8 Å². The first-order valence-electron chi connectivity index (χ1n) is 5.66. The molecule has 0 saturated carbocycles. The topological polar surface area (TPSA) is 26.0 Å². The summed E-state index contributed by atoms with van der Waals surface area (Å²) in [7, 11) is 0. The lowest BCUT2D eigenvalue weighted by Crippen LogP contribution is -2.34. The Morgan fingerprint density at radius 2 is 1.88 bits per heavy atom. The van der Waals surface area contributed by atoms with Gasteiger partial charge in [-0.15, -0.1) is 0 Å². The minimum atomic E-state index is -0.439. The third-order valence-electron chi connectivity index (χ3n) is 3.14. The minimum Gasteiger partial charge on any atom is -0.318 e. The molecular formula is C14H16BrNS. The molecule has 0 amide bonds. The average molecular weight is 310 g/mol. The van der Waals surface area contributed by atoms with Crippen LogP contribution in [0.3, 0.4) is 0 Å². The summed E-state index contributed by atoms with van der Waals surface area (Å²) in [4.78, 5) is 0. The molecule has 1 heterocycles. The minimum absolute atomic E-state index is 0.439. The molecule has 90 valence electrons. The van der Waals surface area contributed by atoms with Gasteiger partial charge in [0.2, 0.25) is 0 Å². The highest BCUT2D eigenvalue weighted by Crippen LogP contribution is 2.34. The monoisotopic (exact) mass is 309 g/mol. The maximum atomic E-state index is 6.47. The van der Waals surface area contributed by atoms with E-state index in [0.717, 1.165) is 22.0 Å². The van der Waals surface area contributed by atoms with Gasteiger partial charge in [0.15, 0.2) is 0 Å². The Hall–Kier alpha value is -0.640. The van der Waals surface area contributed by atoms with E-state index in [4.69, 9.17) is 5.73 Å². The molecule has 0 bridgehead atoms. The molecule has 2 N–H and O–H groups in total. The largest absolute Gasteiger partial charge is 0.318 e. The molecule has 0 aliphatic carbocycles. The summed E-state index contributed by atoms with van der Waals surface area (Å²) in [6.45, 7) is 4.22. The van der Waals surface area contributed by atoms with Crippen molar-refractivity contribution in [3.63, 3.8) is 0 Å². The summed E-state index contributed by atoms with van der Waals surface area (Å²) in [6.07, 6.45) is 1.06. The van der Waals surface area contributed by atoms with Gasteiger partial charge in [-0.1, -0.05) is 31.2 Å². The lowest BCUT2D eigenvalue weighted by molar-refractivity contribution is 0.602. The molecule has 1 aromatic heterocycles. The van der Waals surface area contributed by atoms with Gasteiger partial charge in [0, 0.05) is 15.4 Å². The first kappa shape index (κ1) is 12.8. The number of hydrogen-bond donors (Lipinski definition) is 1. The first-order valence-corrected chi connectivity index (χ1v) is 7.39. The van der Waals surface area contributed by atoms with Gasteiger partial charge in [-0.3, -0.25) is 0 Å². The molecule has 1 unspecified atom stereocenters. The molecule has 1 nitrogen and oxygen atoms in total. The highest BCUT2D eigenvalue weighted by molar-refractivity contribution is 9.10. The summed E-state index contributed by atoms with van der Waals surface area (Å²) < 4.78 is 1.09. The molecule has 17 heavy (non-hydrogen) atoms. The zero-order chi connectivity index (χ0) is 12.5. The van der Waals surface area contributed by atoms with E-state index in [1.807, 2.05) is 0 Å². The molecule has 3 heteroatoms. The summed E-state index contributed by atoms with van der Waals surface area (Å²) >= 11 is 5.23. The van der Waals surface area contributed by atoms with Gasteiger partial charge in [0.25, 0.3) is 0 Å². The van der Waals surface area contributed by atoms with Crippen LogP contribution >= 0.6 is 27.3 Å². The van der Waals surface area contributed by atoms with Crippen molar-refractivity contribution < 1.29 is 0 Å². The van der Waals surface area contributed by atoms with Gasteiger partial charge >= 0.3 is 0 Å². The Balaban J connectivity index is 2.40.